The Kier molecular flexibility index (Phi) is 9.87. The van der Waals surface area contributed by atoms with Crippen LogP contribution in [0.4, 0.5) is 5.69 Å². The fourth-order valence-corrected chi connectivity index (χ4v) is 5.44. The Morgan fingerprint density at radius 1 is 1.20 bits per heavy atom. The molecule has 2 aliphatic rings. The third-order valence-corrected chi connectivity index (χ3v) is 7.83. The summed E-state index contributed by atoms with van der Waals surface area (Å²) in [6, 6.07) is 2.71. The van der Waals surface area contributed by atoms with Gasteiger partial charge in [0.05, 0.1) is 11.7 Å². The molecular weight excluding hydrogens is 510 g/mol. The minimum atomic E-state index is -1.08. The van der Waals surface area contributed by atoms with Crippen molar-refractivity contribution in [2.75, 3.05) is 31.1 Å². The highest BCUT2D eigenvalue weighted by molar-refractivity contribution is 6.05. The van der Waals surface area contributed by atoms with E-state index in [1.54, 1.807) is 36.6 Å². The van der Waals surface area contributed by atoms with Gasteiger partial charge in [-0.05, 0) is 71.1 Å². The topological polar surface area (TPSA) is 125 Å². The van der Waals surface area contributed by atoms with Crippen LogP contribution >= 0.6 is 0 Å². The molecular formula is C30H47N5O5. The quantitative estimate of drug-likeness (QED) is 0.481. The minimum absolute atomic E-state index is 0.0296. The number of amides is 4. The maximum Gasteiger partial charge on any atom is 0.270 e. The van der Waals surface area contributed by atoms with Crippen molar-refractivity contribution < 1.29 is 23.9 Å². The highest BCUT2D eigenvalue weighted by Gasteiger charge is 2.42. The number of benzene rings is 1. The molecule has 0 saturated carbocycles. The van der Waals surface area contributed by atoms with E-state index in [4.69, 9.17) is 10.5 Å². The number of hydrogen-bond acceptors (Lipinski definition) is 6. The van der Waals surface area contributed by atoms with E-state index in [2.05, 4.69) is 5.32 Å². The van der Waals surface area contributed by atoms with Gasteiger partial charge in [-0.25, -0.2) is 0 Å². The molecule has 0 aromatic heterocycles. The molecule has 4 amide bonds. The van der Waals surface area contributed by atoms with Crippen molar-refractivity contribution >= 4 is 29.3 Å². The van der Waals surface area contributed by atoms with Gasteiger partial charge in [0.15, 0.2) is 5.60 Å². The molecule has 0 spiro atoms. The highest BCUT2D eigenvalue weighted by Crippen LogP contribution is 2.40. The number of aryl methyl sites for hydroxylation is 1. The number of nitrogens with two attached hydrogens (primary N) is 1. The maximum atomic E-state index is 14.2. The number of hydrogen-bond donors (Lipinski definition) is 2. The summed E-state index contributed by atoms with van der Waals surface area (Å²) in [5.41, 5.74) is 6.82. The molecule has 3 rings (SSSR count). The number of rotatable bonds is 9. The third kappa shape index (κ3) is 6.59. The molecule has 0 unspecified atom stereocenters. The van der Waals surface area contributed by atoms with Gasteiger partial charge in [-0.3, -0.25) is 19.2 Å². The van der Waals surface area contributed by atoms with E-state index in [0.29, 0.717) is 36.5 Å². The molecule has 222 valence electrons. The first-order valence-corrected chi connectivity index (χ1v) is 14.5. The molecule has 10 heteroatoms. The Morgan fingerprint density at radius 3 is 2.48 bits per heavy atom. The van der Waals surface area contributed by atoms with Gasteiger partial charge in [0.1, 0.15) is 5.75 Å². The van der Waals surface area contributed by atoms with E-state index in [1.807, 2.05) is 45.6 Å². The largest absolute Gasteiger partial charge is 0.476 e. The monoisotopic (exact) mass is 557 g/mol. The number of nitrogens with one attached hydrogen (secondary N) is 1. The lowest BCUT2D eigenvalue weighted by Crippen LogP contribution is -2.57. The van der Waals surface area contributed by atoms with Crippen LogP contribution in [-0.2, 0) is 14.4 Å². The zero-order valence-electron chi connectivity index (χ0n) is 25.4. The van der Waals surface area contributed by atoms with Crippen molar-refractivity contribution in [3.63, 3.8) is 0 Å². The van der Waals surface area contributed by atoms with Crippen LogP contribution in [0.1, 0.15) is 83.7 Å². The predicted octanol–water partition coefficient (Wildman–Crippen LogP) is 2.85. The summed E-state index contributed by atoms with van der Waals surface area (Å²) in [6.07, 6.45) is 1.93. The molecule has 2 heterocycles. The van der Waals surface area contributed by atoms with Gasteiger partial charge in [-0.15, -0.1) is 0 Å². The van der Waals surface area contributed by atoms with E-state index in [9.17, 15) is 19.2 Å². The lowest BCUT2D eigenvalue weighted by atomic mass is 9.96. The normalized spacial score (nSPS) is 19.3. The second-order valence-electron chi connectivity index (χ2n) is 12.1. The summed E-state index contributed by atoms with van der Waals surface area (Å²) in [5.74, 6) is -0.0154. The molecule has 0 aliphatic carbocycles. The number of ether oxygens (including phenoxy) is 1. The average Bonchev–Trinajstić information content (AvgIpc) is 2.89. The summed E-state index contributed by atoms with van der Waals surface area (Å²) >= 11 is 0. The molecule has 10 nitrogen and oxygen atoms in total. The van der Waals surface area contributed by atoms with Crippen LogP contribution in [0.15, 0.2) is 12.1 Å². The van der Waals surface area contributed by atoms with Gasteiger partial charge in [-0.2, -0.15) is 0 Å². The summed E-state index contributed by atoms with van der Waals surface area (Å²) in [6.45, 7) is 16.5. The maximum absolute atomic E-state index is 14.2. The van der Waals surface area contributed by atoms with Crippen LogP contribution in [0.5, 0.6) is 5.75 Å². The highest BCUT2D eigenvalue weighted by atomic mass is 16.5. The average molecular weight is 558 g/mol. The first kappa shape index (κ1) is 31.4. The molecule has 2 aliphatic heterocycles. The van der Waals surface area contributed by atoms with Crippen molar-refractivity contribution in [2.45, 2.75) is 98.4 Å². The fourth-order valence-electron chi connectivity index (χ4n) is 5.44. The molecule has 40 heavy (non-hydrogen) atoms. The van der Waals surface area contributed by atoms with Crippen LogP contribution < -0.4 is 20.7 Å². The first-order valence-electron chi connectivity index (χ1n) is 14.5. The van der Waals surface area contributed by atoms with E-state index < -0.39 is 11.6 Å². The molecule has 1 saturated heterocycles. The number of piperidine rings is 1. The van der Waals surface area contributed by atoms with Gasteiger partial charge in [-0.1, -0.05) is 20.8 Å². The Labute approximate surface area is 238 Å². The summed E-state index contributed by atoms with van der Waals surface area (Å²) in [7, 11) is 0. The molecule has 1 fully saturated rings. The number of carbonyl (C=O) groups is 4. The van der Waals surface area contributed by atoms with Crippen molar-refractivity contribution in [3.05, 3.63) is 23.3 Å². The second-order valence-corrected chi connectivity index (χ2v) is 12.1. The Bertz CT molecular complexity index is 1130. The van der Waals surface area contributed by atoms with E-state index in [1.165, 1.54) is 0 Å². The van der Waals surface area contributed by atoms with Crippen LogP contribution in [-0.4, -0.2) is 83.3 Å². The van der Waals surface area contributed by atoms with Crippen molar-refractivity contribution in [1.82, 2.24) is 15.1 Å². The lowest BCUT2D eigenvalue weighted by Gasteiger charge is -2.43. The molecule has 1 aromatic rings. The Hall–Kier alpha value is -3.14. The zero-order chi connectivity index (χ0) is 29.9. The van der Waals surface area contributed by atoms with E-state index in [0.717, 1.165) is 18.4 Å². The van der Waals surface area contributed by atoms with Crippen LogP contribution in [0, 0.1) is 12.8 Å². The standard InChI is InChI=1S/C30H47N5O5/c1-9-25(36)32-12-14-34-23-16-22(20(6)15-24(23)40-30(7,8)29(34)39)27(37)35(19(4)5)21-11-10-13-33(17-21)28(38)26(31)18(2)3/h15-16,18-19,21,26H,9-14,17,31H2,1-8H3,(H,32,36)/t21-,26-/m1/s1. The Morgan fingerprint density at radius 2 is 1.88 bits per heavy atom. The van der Waals surface area contributed by atoms with Gasteiger partial charge in [0.25, 0.3) is 11.8 Å². The lowest BCUT2D eigenvalue weighted by molar-refractivity contribution is -0.135. The number of fused-ring (bicyclic) bond motifs is 1. The van der Waals surface area contributed by atoms with Gasteiger partial charge in [0, 0.05) is 50.2 Å². The first-order chi connectivity index (χ1) is 18.7. The number of likely N-dealkylation sites (tertiary alicyclic amines) is 1. The Balaban J connectivity index is 1.93. The summed E-state index contributed by atoms with van der Waals surface area (Å²) in [5, 5.41) is 2.82. The molecule has 3 N–H and O–H groups in total. The van der Waals surface area contributed by atoms with Gasteiger partial charge >= 0.3 is 0 Å². The van der Waals surface area contributed by atoms with Crippen molar-refractivity contribution in [3.8, 4) is 5.75 Å². The SMILES string of the molecule is CCC(=O)NCCN1C(=O)C(C)(C)Oc2cc(C)c(C(=O)N(C(C)C)[C@@H]3CCCN(C(=O)[C@H](N)C(C)C)C3)cc21. The summed E-state index contributed by atoms with van der Waals surface area (Å²) in [4.78, 5) is 57.6. The zero-order valence-corrected chi connectivity index (χ0v) is 25.4. The third-order valence-electron chi connectivity index (χ3n) is 7.83. The summed E-state index contributed by atoms with van der Waals surface area (Å²) < 4.78 is 6.07. The van der Waals surface area contributed by atoms with Crippen LogP contribution in [0.3, 0.4) is 0 Å². The molecule has 0 radical (unpaired) electrons. The van der Waals surface area contributed by atoms with Crippen LogP contribution in [0.25, 0.3) is 0 Å². The minimum Gasteiger partial charge on any atom is -0.476 e. The predicted molar refractivity (Wildman–Crippen MR) is 155 cm³/mol. The fraction of sp³-hybridized carbons (Fsp3) is 0.667. The van der Waals surface area contributed by atoms with Crippen molar-refractivity contribution in [1.29, 1.82) is 0 Å². The second kappa shape index (κ2) is 12.6. The van der Waals surface area contributed by atoms with Crippen LogP contribution in [0.2, 0.25) is 0 Å². The molecule has 1 aromatic carbocycles. The van der Waals surface area contributed by atoms with E-state index in [-0.39, 0.29) is 54.7 Å². The smallest absolute Gasteiger partial charge is 0.270 e. The molecule has 2 atom stereocenters. The number of nitrogens with zero attached hydrogens (tertiary/aromatic N) is 3. The van der Waals surface area contributed by atoms with Gasteiger partial charge in [0.2, 0.25) is 11.8 Å². The number of carbonyl (C=O) groups excluding carboxylic acids is 4. The molecule has 0 bridgehead atoms. The van der Waals surface area contributed by atoms with E-state index >= 15 is 0 Å². The van der Waals surface area contributed by atoms with Crippen molar-refractivity contribution in [2.24, 2.45) is 11.7 Å². The number of anilines is 1. The van der Waals surface area contributed by atoms with Gasteiger partial charge < -0.3 is 30.5 Å².